The fourth-order valence-corrected chi connectivity index (χ4v) is 1.42. The lowest BCUT2D eigenvalue weighted by molar-refractivity contribution is -0.255. The number of hydrogen-bond donors (Lipinski definition) is 1. The lowest BCUT2D eigenvalue weighted by Crippen LogP contribution is -2.22. The van der Waals surface area contributed by atoms with Gasteiger partial charge in [-0.1, -0.05) is 12.1 Å². The second-order valence-corrected chi connectivity index (χ2v) is 3.69. The van der Waals surface area contributed by atoms with E-state index in [1.807, 2.05) is 0 Å². The molecule has 0 aliphatic heterocycles. The molecule has 92 valence electrons. The van der Waals surface area contributed by atoms with Gasteiger partial charge in [-0.25, -0.2) is 0 Å². The average Bonchev–Trinajstić information content (AvgIpc) is 2.76. The number of carboxylic acids is 1. The highest BCUT2D eigenvalue weighted by Crippen LogP contribution is 2.10. The summed E-state index contributed by atoms with van der Waals surface area (Å²) < 4.78 is 1.52. The Morgan fingerprint density at radius 2 is 1.89 bits per heavy atom. The Morgan fingerprint density at radius 1 is 1.22 bits per heavy atom. The molecule has 1 heterocycles. The number of aromatic nitrogens is 2. The highest BCUT2D eigenvalue weighted by molar-refractivity contribution is 6.03. The summed E-state index contributed by atoms with van der Waals surface area (Å²) in [5.74, 6) is -1.60. The van der Waals surface area contributed by atoms with Crippen LogP contribution < -0.4 is 10.4 Å². The van der Waals surface area contributed by atoms with Crippen molar-refractivity contribution in [3.8, 4) is 0 Å². The van der Waals surface area contributed by atoms with Gasteiger partial charge in [0.05, 0.1) is 5.97 Å². The van der Waals surface area contributed by atoms with Crippen molar-refractivity contribution in [1.29, 1.82) is 0 Å². The van der Waals surface area contributed by atoms with Crippen LogP contribution in [0, 0.1) is 0 Å². The summed E-state index contributed by atoms with van der Waals surface area (Å²) in [5, 5.41) is 17.1. The molecule has 0 fully saturated rings. The zero-order chi connectivity index (χ0) is 13.1. The predicted molar refractivity (Wildman–Crippen MR) is 61.9 cm³/mol. The van der Waals surface area contributed by atoms with Crippen LogP contribution in [0.25, 0.3) is 0 Å². The van der Waals surface area contributed by atoms with Crippen molar-refractivity contribution in [3.05, 3.63) is 47.8 Å². The molecule has 2 rings (SSSR count). The first kappa shape index (κ1) is 11.8. The van der Waals surface area contributed by atoms with Crippen molar-refractivity contribution in [3.63, 3.8) is 0 Å². The smallest absolute Gasteiger partial charge is 0.276 e. The SMILES string of the molecule is Cn1ccc(C(=O)Nc2ccc(C(=O)[O-])cc2)n1. The molecule has 1 aromatic carbocycles. The normalized spacial score (nSPS) is 10.1. The van der Waals surface area contributed by atoms with E-state index < -0.39 is 5.97 Å². The summed E-state index contributed by atoms with van der Waals surface area (Å²) in [6.45, 7) is 0. The molecule has 0 aliphatic rings. The van der Waals surface area contributed by atoms with Gasteiger partial charge in [-0.05, 0) is 23.8 Å². The Kier molecular flexibility index (Phi) is 3.09. The number of nitrogens with zero attached hydrogens (tertiary/aromatic N) is 2. The second kappa shape index (κ2) is 4.70. The van der Waals surface area contributed by atoms with Gasteiger partial charge in [0.15, 0.2) is 5.69 Å². The van der Waals surface area contributed by atoms with Gasteiger partial charge in [0.1, 0.15) is 0 Å². The molecule has 0 saturated heterocycles. The number of aromatic carboxylic acids is 1. The number of anilines is 1. The summed E-state index contributed by atoms with van der Waals surface area (Å²) in [6.07, 6.45) is 1.66. The molecule has 1 N–H and O–H groups in total. The molecular formula is C12H10N3O3-. The molecule has 6 nitrogen and oxygen atoms in total. The first-order chi connectivity index (χ1) is 8.56. The largest absolute Gasteiger partial charge is 0.545 e. The van der Waals surface area contributed by atoms with Crippen molar-refractivity contribution in [2.75, 3.05) is 5.32 Å². The monoisotopic (exact) mass is 244 g/mol. The summed E-state index contributed by atoms with van der Waals surface area (Å²) in [5.41, 5.74) is 0.850. The molecule has 0 spiro atoms. The molecular weight excluding hydrogens is 234 g/mol. The third-order valence-corrected chi connectivity index (χ3v) is 2.32. The number of carboxylic acid groups (broad SMARTS) is 1. The fourth-order valence-electron chi connectivity index (χ4n) is 1.42. The van der Waals surface area contributed by atoms with Crippen LogP contribution in [0.3, 0.4) is 0 Å². The predicted octanol–water partition coefficient (Wildman–Crippen LogP) is 0.0359. The molecule has 0 saturated carbocycles. The van der Waals surface area contributed by atoms with Gasteiger partial charge in [-0.15, -0.1) is 0 Å². The number of nitrogens with one attached hydrogen (secondary N) is 1. The number of carbonyl (C=O) groups is 2. The van der Waals surface area contributed by atoms with Crippen LogP contribution >= 0.6 is 0 Å². The Bertz CT molecular complexity index is 587. The van der Waals surface area contributed by atoms with Gasteiger partial charge < -0.3 is 15.2 Å². The van der Waals surface area contributed by atoms with E-state index in [-0.39, 0.29) is 11.5 Å². The topological polar surface area (TPSA) is 87.0 Å². The standard InChI is InChI=1S/C12H11N3O3/c1-15-7-6-10(14-15)11(16)13-9-4-2-8(3-5-9)12(17)18/h2-7H,1H3,(H,13,16)(H,17,18)/p-1. The third-order valence-electron chi connectivity index (χ3n) is 2.32. The molecule has 0 unspecified atom stereocenters. The van der Waals surface area contributed by atoms with Crippen LogP contribution in [-0.4, -0.2) is 21.7 Å². The maximum absolute atomic E-state index is 11.7. The number of amides is 1. The van der Waals surface area contributed by atoms with E-state index in [1.165, 1.54) is 28.9 Å². The lowest BCUT2D eigenvalue weighted by Gasteiger charge is -2.05. The average molecular weight is 244 g/mol. The van der Waals surface area contributed by atoms with Crippen LogP contribution in [-0.2, 0) is 7.05 Å². The number of aryl methyl sites for hydroxylation is 1. The van der Waals surface area contributed by atoms with Crippen molar-refractivity contribution in [2.45, 2.75) is 0 Å². The molecule has 0 aliphatic carbocycles. The van der Waals surface area contributed by atoms with E-state index in [1.54, 1.807) is 19.3 Å². The number of carbonyl (C=O) groups excluding carboxylic acids is 2. The molecule has 18 heavy (non-hydrogen) atoms. The van der Waals surface area contributed by atoms with Crippen LogP contribution in [0.15, 0.2) is 36.5 Å². The Balaban J connectivity index is 2.10. The molecule has 6 heteroatoms. The van der Waals surface area contributed by atoms with E-state index in [0.29, 0.717) is 11.4 Å². The van der Waals surface area contributed by atoms with E-state index >= 15 is 0 Å². The highest BCUT2D eigenvalue weighted by atomic mass is 16.4. The van der Waals surface area contributed by atoms with E-state index in [2.05, 4.69) is 10.4 Å². The van der Waals surface area contributed by atoms with Gasteiger partial charge in [0, 0.05) is 18.9 Å². The number of hydrogen-bond acceptors (Lipinski definition) is 4. The van der Waals surface area contributed by atoms with Crippen LogP contribution in [0.4, 0.5) is 5.69 Å². The molecule has 0 atom stereocenters. The summed E-state index contributed by atoms with van der Waals surface area (Å²) in [6, 6.07) is 7.30. The quantitative estimate of drug-likeness (QED) is 0.825. The molecule has 1 amide bonds. The third kappa shape index (κ3) is 2.54. The lowest BCUT2D eigenvalue weighted by atomic mass is 10.2. The summed E-state index contributed by atoms with van der Waals surface area (Å²) in [4.78, 5) is 22.3. The number of rotatable bonds is 3. The van der Waals surface area contributed by atoms with Crippen molar-refractivity contribution >= 4 is 17.6 Å². The second-order valence-electron chi connectivity index (χ2n) is 3.69. The van der Waals surface area contributed by atoms with Crippen molar-refractivity contribution in [2.24, 2.45) is 7.05 Å². The maximum atomic E-state index is 11.7. The minimum Gasteiger partial charge on any atom is -0.545 e. The molecule has 0 bridgehead atoms. The van der Waals surface area contributed by atoms with Crippen LogP contribution in [0.2, 0.25) is 0 Å². The Morgan fingerprint density at radius 3 is 2.39 bits per heavy atom. The molecule has 1 aromatic heterocycles. The molecule has 2 aromatic rings. The first-order valence-electron chi connectivity index (χ1n) is 5.18. The van der Waals surface area contributed by atoms with Gasteiger partial charge in [0.2, 0.25) is 0 Å². The van der Waals surface area contributed by atoms with Crippen molar-refractivity contribution < 1.29 is 14.7 Å². The minimum absolute atomic E-state index is 0.0610. The molecule has 0 radical (unpaired) electrons. The van der Waals surface area contributed by atoms with Gasteiger partial charge in [-0.2, -0.15) is 5.10 Å². The maximum Gasteiger partial charge on any atom is 0.276 e. The summed E-state index contributed by atoms with van der Waals surface area (Å²) >= 11 is 0. The minimum atomic E-state index is -1.25. The van der Waals surface area contributed by atoms with E-state index in [4.69, 9.17) is 0 Å². The number of benzene rings is 1. The Labute approximate surface area is 103 Å². The fraction of sp³-hybridized carbons (Fsp3) is 0.0833. The van der Waals surface area contributed by atoms with E-state index in [9.17, 15) is 14.7 Å². The van der Waals surface area contributed by atoms with Gasteiger partial charge in [-0.3, -0.25) is 9.48 Å². The zero-order valence-electron chi connectivity index (χ0n) is 9.58. The van der Waals surface area contributed by atoms with Gasteiger partial charge >= 0.3 is 0 Å². The van der Waals surface area contributed by atoms with Gasteiger partial charge in [0.25, 0.3) is 5.91 Å². The summed E-state index contributed by atoms with van der Waals surface area (Å²) in [7, 11) is 1.71. The van der Waals surface area contributed by atoms with Crippen LogP contribution in [0.1, 0.15) is 20.8 Å². The zero-order valence-corrected chi connectivity index (χ0v) is 9.58. The van der Waals surface area contributed by atoms with Crippen LogP contribution in [0.5, 0.6) is 0 Å². The first-order valence-corrected chi connectivity index (χ1v) is 5.18. The Hall–Kier alpha value is -2.63. The highest BCUT2D eigenvalue weighted by Gasteiger charge is 2.08. The van der Waals surface area contributed by atoms with Crippen molar-refractivity contribution in [1.82, 2.24) is 9.78 Å². The van der Waals surface area contributed by atoms with E-state index in [0.717, 1.165) is 0 Å².